The smallest absolute Gasteiger partial charge is 0.303 e. The lowest BCUT2D eigenvalue weighted by Gasteiger charge is -2.44. The van der Waals surface area contributed by atoms with Gasteiger partial charge < -0.3 is 144 Å². The van der Waals surface area contributed by atoms with Gasteiger partial charge in [-0.15, -0.1) is 0 Å². The first-order valence-corrected chi connectivity index (χ1v) is 38.2. The van der Waals surface area contributed by atoms with Crippen LogP contribution in [0.2, 0.25) is 0 Å². The van der Waals surface area contributed by atoms with Crippen molar-refractivity contribution >= 4 is 89.4 Å². The van der Waals surface area contributed by atoms with Crippen molar-refractivity contribution in [3.63, 3.8) is 0 Å². The summed E-state index contributed by atoms with van der Waals surface area (Å²) in [7, 11) is 0. The highest BCUT2D eigenvalue weighted by molar-refractivity contribution is 6.04. The maximum absolute atomic E-state index is 13.6. The quantitative estimate of drug-likeness (QED) is 0.0373. The Morgan fingerprint density at radius 2 is 0.408 bits per heavy atom. The Morgan fingerprint density at radius 3 is 0.600 bits per heavy atom. The van der Waals surface area contributed by atoms with Crippen molar-refractivity contribution in [3.8, 4) is 0 Å². The van der Waals surface area contributed by atoms with Gasteiger partial charge in [-0.3, -0.25) is 71.9 Å². The van der Waals surface area contributed by atoms with Crippen LogP contribution in [0, 0.1) is 0 Å². The van der Waals surface area contributed by atoms with E-state index in [1.165, 1.54) is 18.2 Å². The Morgan fingerprint density at radius 1 is 0.233 bits per heavy atom. The maximum atomic E-state index is 13.6. The first-order chi connectivity index (χ1) is 57.2. The van der Waals surface area contributed by atoms with Crippen LogP contribution in [0.4, 0.5) is 0 Å². The van der Waals surface area contributed by atoms with E-state index in [0.29, 0.717) is 0 Å². The zero-order valence-corrected chi connectivity index (χ0v) is 69.1. The van der Waals surface area contributed by atoms with E-state index in [1.54, 1.807) is 0 Å². The molecule has 3 aliphatic heterocycles. The highest BCUT2D eigenvalue weighted by Gasteiger charge is 2.56. The van der Waals surface area contributed by atoms with E-state index in [1.807, 2.05) is 0 Å². The highest BCUT2D eigenvalue weighted by Crippen LogP contribution is 2.33. The molecule has 0 aliphatic carbocycles. The molecule has 3 heterocycles. The minimum absolute atomic E-state index is 0.00155. The molecule has 3 aliphatic rings. The average Bonchev–Trinajstić information content (AvgIpc) is 0.797. The van der Waals surface area contributed by atoms with E-state index >= 15 is 0 Å². The second kappa shape index (κ2) is 57.8. The van der Waals surface area contributed by atoms with Crippen LogP contribution in [0.1, 0.15) is 114 Å². The van der Waals surface area contributed by atoms with Gasteiger partial charge in [0, 0.05) is 119 Å². The van der Waals surface area contributed by atoms with Crippen molar-refractivity contribution in [1.82, 2.24) is 16.0 Å². The fourth-order valence-electron chi connectivity index (χ4n) is 11.3. The molecule has 3 amide bonds. The van der Waals surface area contributed by atoms with Crippen molar-refractivity contribution < 1.29 is 200 Å². The molecular formula is C75H111N3O42. The SMILES string of the molecule is CC(=O)OC[C@H]1O[C@H](OCCOCCOCCOCCNC(=O)c2cc(C(=O)NCCOCCOCCOCCO[C@H]3O[C@H](COC(C)=O)[C@@H](OC(C)=O)[C@H](OC(C)=O)[C@@H]3OC(C)=O)cc(C(=O)NCCOCCOCCOCCO[C@H]3O[C@H](COC(C)=O)[C@@H](OC(C)=O)[C@H](OC(C)=O)[C@@H]3OC(C)=O)c2)[C@@H](OC(C)=O)[C@@H](OC(C)=O)[C@@H]1OC(C)=O. The van der Waals surface area contributed by atoms with Crippen LogP contribution in [0.3, 0.4) is 0 Å². The summed E-state index contributed by atoms with van der Waals surface area (Å²) in [6.45, 7) is 12.9. The van der Waals surface area contributed by atoms with Gasteiger partial charge in [0.2, 0.25) is 0 Å². The third-order valence-corrected chi connectivity index (χ3v) is 15.9. The zero-order chi connectivity index (χ0) is 88.5. The average molecular weight is 1730 g/mol. The van der Waals surface area contributed by atoms with Gasteiger partial charge in [0.05, 0.1) is 139 Å². The van der Waals surface area contributed by atoms with E-state index in [4.69, 9.17) is 128 Å². The molecule has 3 saturated heterocycles. The molecule has 0 aromatic heterocycles. The molecule has 0 saturated carbocycles. The van der Waals surface area contributed by atoms with Gasteiger partial charge in [-0.2, -0.15) is 0 Å². The molecule has 45 heteroatoms. The lowest BCUT2D eigenvalue weighted by atomic mass is 9.98. The minimum Gasteiger partial charge on any atom is -0.463 e. The summed E-state index contributed by atoms with van der Waals surface area (Å²) in [5.41, 5.74) is -0.127. The van der Waals surface area contributed by atoms with Gasteiger partial charge in [0.1, 0.15) is 38.1 Å². The lowest BCUT2D eigenvalue weighted by Crippen LogP contribution is -2.63. The van der Waals surface area contributed by atoms with E-state index in [9.17, 15) is 71.9 Å². The van der Waals surface area contributed by atoms with E-state index in [-0.39, 0.29) is 175 Å². The summed E-state index contributed by atoms with van der Waals surface area (Å²) >= 11 is 0. The van der Waals surface area contributed by atoms with Gasteiger partial charge in [0.25, 0.3) is 17.7 Å². The molecule has 15 atom stereocenters. The molecule has 3 fully saturated rings. The predicted octanol–water partition coefficient (Wildman–Crippen LogP) is -1.68. The van der Waals surface area contributed by atoms with Gasteiger partial charge in [-0.05, 0) is 18.2 Å². The number of nitrogens with one attached hydrogen (secondary N) is 3. The standard InChI is InChI=1S/C75H111N3O42/c1-43(79)106-40-58-61(109-46(4)82)64(112-49(7)85)67(115-52(10)88)73(118-58)103-34-31-100-28-25-97-22-19-94-16-13-76-70(91)55-37-56(71(92)77-14-17-95-20-23-98-26-29-101-32-35-104-74-68(116-53(11)89)65(113-50(8)86)62(110-47(5)83)59(119-74)41-107-44(2)80)39-57(38-55)72(93)78-15-18-96-21-24-99-27-30-102-33-36-105-75-69(117-54(12)90)66(114-51(9)87)63(111-48(6)84)60(120-75)42-108-45(3)81/h37-39,58-69,73-75H,13-36,40-42H2,1-12H3,(H,76,91)(H,77,92)(H,78,93)/t58-,59-,60-,61-,62-,63-,64+,65+,66+,67+,68+,69+,73+,74+,75+/m1/s1. The molecule has 0 radical (unpaired) electrons. The fraction of sp³-hybridized carbons (Fsp3) is 0.720. The number of hydrogen-bond acceptors (Lipinski definition) is 42. The number of rotatable bonds is 57. The third kappa shape index (κ3) is 41.8. The summed E-state index contributed by atoms with van der Waals surface area (Å²) in [5, 5.41) is 8.10. The Bertz CT molecular complexity index is 3060. The van der Waals surface area contributed by atoms with Gasteiger partial charge in [-0.25, -0.2) is 0 Å². The molecule has 0 spiro atoms. The molecule has 678 valence electrons. The maximum Gasteiger partial charge on any atom is 0.303 e. The van der Waals surface area contributed by atoms with Crippen molar-refractivity contribution in [2.45, 2.75) is 175 Å². The Labute approximate surface area is 691 Å². The highest BCUT2D eigenvalue weighted by atomic mass is 16.8. The zero-order valence-electron chi connectivity index (χ0n) is 69.1. The van der Waals surface area contributed by atoms with Gasteiger partial charge in [-0.1, -0.05) is 0 Å². The van der Waals surface area contributed by atoms with Crippen LogP contribution in [-0.2, 0) is 185 Å². The second-order valence-corrected chi connectivity index (χ2v) is 25.9. The van der Waals surface area contributed by atoms with Crippen molar-refractivity contribution in [2.75, 3.05) is 178 Å². The molecule has 1 aromatic carbocycles. The molecule has 0 unspecified atom stereocenters. The van der Waals surface area contributed by atoms with E-state index in [2.05, 4.69) is 16.0 Å². The number of carbonyl (C=O) groups is 15. The van der Waals surface area contributed by atoms with Crippen molar-refractivity contribution in [2.24, 2.45) is 0 Å². The largest absolute Gasteiger partial charge is 0.463 e. The van der Waals surface area contributed by atoms with Crippen molar-refractivity contribution in [1.29, 1.82) is 0 Å². The summed E-state index contributed by atoms with van der Waals surface area (Å²) in [6, 6.07) is 3.90. The number of hydrogen-bond donors (Lipinski definition) is 3. The summed E-state index contributed by atoms with van der Waals surface area (Å²) in [4.78, 5) is 185. The molecule has 45 nitrogen and oxygen atoms in total. The van der Waals surface area contributed by atoms with Crippen LogP contribution in [0.25, 0.3) is 0 Å². The normalized spacial score (nSPS) is 22.4. The Hall–Kier alpha value is -9.33. The fourth-order valence-corrected chi connectivity index (χ4v) is 11.3. The van der Waals surface area contributed by atoms with Crippen LogP contribution in [0.5, 0.6) is 0 Å². The van der Waals surface area contributed by atoms with E-state index in [0.717, 1.165) is 83.1 Å². The van der Waals surface area contributed by atoms with Crippen LogP contribution < -0.4 is 16.0 Å². The molecular weight excluding hydrogens is 1610 g/mol. The monoisotopic (exact) mass is 1730 g/mol. The molecule has 0 bridgehead atoms. The Balaban J connectivity index is 1.24. The minimum atomic E-state index is -1.41. The molecule has 1 aromatic rings. The topological polar surface area (TPSA) is 541 Å². The number of esters is 12. The lowest BCUT2D eigenvalue weighted by molar-refractivity contribution is -0.309. The number of carbonyl (C=O) groups excluding carboxylic acids is 15. The van der Waals surface area contributed by atoms with E-state index < -0.39 is 201 Å². The number of ether oxygens (including phenoxy) is 27. The molecule has 120 heavy (non-hydrogen) atoms. The summed E-state index contributed by atoms with van der Waals surface area (Å²) in [5.74, 6) is -11.1. The number of benzene rings is 1. The van der Waals surface area contributed by atoms with Crippen LogP contribution in [-0.4, -0.2) is 360 Å². The van der Waals surface area contributed by atoms with Crippen molar-refractivity contribution in [3.05, 3.63) is 34.9 Å². The first-order valence-electron chi connectivity index (χ1n) is 38.2. The van der Waals surface area contributed by atoms with Gasteiger partial charge >= 0.3 is 71.6 Å². The molecule has 4 rings (SSSR count). The number of amides is 3. The van der Waals surface area contributed by atoms with Gasteiger partial charge in [0.15, 0.2) is 73.8 Å². The summed E-state index contributed by atoms with van der Waals surface area (Å²) in [6.07, 6.45) is -20.3. The summed E-state index contributed by atoms with van der Waals surface area (Å²) < 4.78 is 149. The molecule has 3 N–H and O–H groups in total. The van der Waals surface area contributed by atoms with Crippen LogP contribution >= 0.6 is 0 Å². The second-order valence-electron chi connectivity index (χ2n) is 25.9. The Kier molecular flexibility index (Phi) is 49.6. The van der Waals surface area contributed by atoms with Crippen LogP contribution in [0.15, 0.2) is 18.2 Å². The predicted molar refractivity (Wildman–Crippen MR) is 395 cm³/mol. The third-order valence-electron chi connectivity index (χ3n) is 15.9. The first kappa shape index (κ1) is 103.